The Kier molecular flexibility index (Phi) is 4.14. The van der Waals surface area contributed by atoms with Gasteiger partial charge in [-0.3, -0.25) is 9.88 Å². The molecule has 2 aliphatic rings. The fourth-order valence-corrected chi connectivity index (χ4v) is 4.80. The minimum atomic E-state index is 0.0374. The van der Waals surface area contributed by atoms with Gasteiger partial charge in [0.05, 0.1) is 23.4 Å². The molecule has 31 heavy (non-hydrogen) atoms. The van der Waals surface area contributed by atoms with Crippen molar-refractivity contribution in [1.82, 2.24) is 30.2 Å². The van der Waals surface area contributed by atoms with Crippen molar-refractivity contribution in [2.75, 3.05) is 25.0 Å². The Hall–Kier alpha value is -3.52. The zero-order chi connectivity index (χ0) is 20.9. The van der Waals surface area contributed by atoms with Gasteiger partial charge in [-0.2, -0.15) is 0 Å². The molecule has 2 N–H and O–H groups in total. The summed E-state index contributed by atoms with van der Waals surface area (Å²) in [6.07, 6.45) is 7.47. The third-order valence-corrected chi connectivity index (χ3v) is 6.34. The van der Waals surface area contributed by atoms with E-state index in [1.54, 1.807) is 11.1 Å². The fourth-order valence-electron chi connectivity index (χ4n) is 4.80. The number of aromatic nitrogens is 4. The van der Waals surface area contributed by atoms with E-state index in [1.807, 2.05) is 48.6 Å². The first-order valence-electron chi connectivity index (χ1n) is 10.7. The summed E-state index contributed by atoms with van der Waals surface area (Å²) in [7, 11) is 1.85. The van der Waals surface area contributed by atoms with Gasteiger partial charge >= 0.3 is 6.03 Å². The maximum Gasteiger partial charge on any atom is 0.324 e. The van der Waals surface area contributed by atoms with Crippen molar-refractivity contribution >= 4 is 33.8 Å². The van der Waals surface area contributed by atoms with Gasteiger partial charge in [0, 0.05) is 48.2 Å². The van der Waals surface area contributed by atoms with Gasteiger partial charge in [0.2, 0.25) is 0 Å². The lowest BCUT2D eigenvalue weighted by atomic mass is 10.0. The number of nitrogens with zero attached hydrogens (tertiary/aromatic N) is 5. The van der Waals surface area contributed by atoms with Crippen molar-refractivity contribution in [3.8, 4) is 11.3 Å². The molecule has 8 heteroatoms. The molecule has 0 bridgehead atoms. The Bertz CT molecular complexity index is 1310. The number of H-pyrrole nitrogens is 1. The second-order valence-electron chi connectivity index (χ2n) is 8.29. The number of aromatic amines is 1. The van der Waals surface area contributed by atoms with Crippen molar-refractivity contribution in [3.05, 3.63) is 48.4 Å². The van der Waals surface area contributed by atoms with Crippen LogP contribution in [0.1, 0.15) is 18.4 Å². The molecule has 0 unspecified atom stereocenters. The van der Waals surface area contributed by atoms with Gasteiger partial charge in [0.25, 0.3) is 0 Å². The minimum Gasteiger partial charge on any atom is -0.345 e. The van der Waals surface area contributed by atoms with Crippen LogP contribution in [-0.4, -0.2) is 57.0 Å². The lowest BCUT2D eigenvalue weighted by Gasteiger charge is -2.41. The van der Waals surface area contributed by atoms with E-state index >= 15 is 0 Å². The van der Waals surface area contributed by atoms with Gasteiger partial charge in [-0.1, -0.05) is 0 Å². The number of anilines is 1. The van der Waals surface area contributed by atoms with Crippen LogP contribution in [0.25, 0.3) is 33.3 Å². The van der Waals surface area contributed by atoms with Crippen molar-refractivity contribution in [2.24, 2.45) is 0 Å². The predicted molar refractivity (Wildman–Crippen MR) is 120 cm³/mol. The first-order chi connectivity index (χ1) is 15.2. The number of urea groups is 1. The third-order valence-electron chi connectivity index (χ3n) is 6.34. The molecule has 1 saturated heterocycles. The van der Waals surface area contributed by atoms with Crippen molar-refractivity contribution in [1.29, 1.82) is 0 Å². The molecule has 4 aromatic heterocycles. The molecule has 6 rings (SSSR count). The maximum atomic E-state index is 13.3. The van der Waals surface area contributed by atoms with E-state index in [1.165, 1.54) is 0 Å². The summed E-state index contributed by atoms with van der Waals surface area (Å²) in [4.78, 5) is 34.4. The molecule has 8 nitrogen and oxygen atoms in total. The van der Waals surface area contributed by atoms with E-state index < -0.39 is 0 Å². The van der Waals surface area contributed by atoms with E-state index in [9.17, 15) is 4.79 Å². The molecule has 156 valence electrons. The van der Waals surface area contributed by atoms with Crippen LogP contribution in [0.2, 0.25) is 0 Å². The Balaban J connectivity index is 1.56. The zero-order valence-electron chi connectivity index (χ0n) is 17.3. The number of hydrogen-bond donors (Lipinski definition) is 2. The smallest absolute Gasteiger partial charge is 0.324 e. The number of amides is 2. The van der Waals surface area contributed by atoms with Crippen LogP contribution >= 0.6 is 0 Å². The summed E-state index contributed by atoms with van der Waals surface area (Å²) in [6.45, 7) is 2.37. The van der Waals surface area contributed by atoms with Gasteiger partial charge in [0.15, 0.2) is 0 Å². The van der Waals surface area contributed by atoms with Crippen LogP contribution in [0.15, 0.2) is 42.9 Å². The van der Waals surface area contributed by atoms with Crippen molar-refractivity contribution in [2.45, 2.75) is 25.4 Å². The van der Waals surface area contributed by atoms with Crippen LogP contribution in [0.3, 0.4) is 0 Å². The first kappa shape index (κ1) is 18.3. The topological polar surface area (TPSA) is 90.0 Å². The molecule has 1 fully saturated rings. The normalized spacial score (nSPS) is 17.5. The van der Waals surface area contributed by atoms with Crippen molar-refractivity contribution in [3.63, 3.8) is 0 Å². The molecule has 0 spiro atoms. The number of carbonyl (C=O) groups excluding carboxylic acids is 1. The lowest BCUT2D eigenvalue weighted by molar-refractivity contribution is 0.205. The minimum absolute atomic E-state index is 0.0374. The molecule has 0 aliphatic carbocycles. The molecule has 6 heterocycles. The van der Waals surface area contributed by atoms with Gasteiger partial charge in [-0.05, 0) is 50.2 Å². The van der Waals surface area contributed by atoms with E-state index in [4.69, 9.17) is 4.98 Å². The highest BCUT2D eigenvalue weighted by atomic mass is 16.2. The monoisotopic (exact) mass is 413 g/mol. The average molecular weight is 413 g/mol. The van der Waals surface area contributed by atoms with Gasteiger partial charge in [0.1, 0.15) is 11.2 Å². The standard InChI is InChI=1S/C23H23N7O/c1-29-13-14-11-26-19-5-4-18(17-12-27-22-16(17)3-2-8-25-22)28-20(19)21(14)30(23(29)31)15-6-9-24-10-7-15/h2-5,8,11-12,15,24H,6-7,9-10,13H2,1H3,(H,25,27). The number of rotatable bonds is 2. The number of carbonyl (C=O) groups is 1. The first-order valence-corrected chi connectivity index (χ1v) is 10.7. The maximum absolute atomic E-state index is 13.3. The highest BCUT2D eigenvalue weighted by Gasteiger charge is 2.36. The van der Waals surface area contributed by atoms with Crippen LogP contribution in [0.4, 0.5) is 10.5 Å². The number of pyridine rings is 3. The molecule has 0 saturated carbocycles. The van der Waals surface area contributed by atoms with Crippen LogP contribution in [-0.2, 0) is 6.54 Å². The van der Waals surface area contributed by atoms with Crippen LogP contribution in [0.5, 0.6) is 0 Å². The molecule has 0 atom stereocenters. The van der Waals surface area contributed by atoms with E-state index in [2.05, 4.69) is 20.3 Å². The van der Waals surface area contributed by atoms with Gasteiger partial charge in [-0.15, -0.1) is 0 Å². The Morgan fingerprint density at radius 2 is 2.00 bits per heavy atom. The highest BCUT2D eigenvalue weighted by Crippen LogP contribution is 2.38. The number of fused-ring (bicyclic) bond motifs is 4. The number of hydrogen-bond acceptors (Lipinski definition) is 5. The summed E-state index contributed by atoms with van der Waals surface area (Å²) in [5.74, 6) is 0. The molecular weight excluding hydrogens is 390 g/mol. The fraction of sp³-hybridized carbons (Fsp3) is 0.304. The number of nitrogens with one attached hydrogen (secondary N) is 2. The summed E-state index contributed by atoms with van der Waals surface area (Å²) in [5.41, 5.74) is 6.22. The molecule has 0 aromatic carbocycles. The van der Waals surface area contributed by atoms with E-state index in [-0.39, 0.29) is 12.1 Å². The lowest BCUT2D eigenvalue weighted by Crippen LogP contribution is -2.53. The molecule has 0 radical (unpaired) electrons. The Morgan fingerprint density at radius 3 is 2.87 bits per heavy atom. The second kappa shape index (κ2) is 7.02. The Labute approximate surface area is 179 Å². The quantitative estimate of drug-likeness (QED) is 0.526. The summed E-state index contributed by atoms with van der Waals surface area (Å²) in [5, 5.41) is 4.42. The van der Waals surface area contributed by atoms with Gasteiger partial charge in [-0.25, -0.2) is 14.8 Å². The molecular formula is C23H23N7O. The SMILES string of the molecule is CN1Cc2cnc3ccc(-c4c[nH]c5ncccc45)nc3c2N(C2CCNCC2)C1=O. The summed E-state index contributed by atoms with van der Waals surface area (Å²) < 4.78 is 0. The number of piperidine rings is 1. The highest BCUT2D eigenvalue weighted by molar-refractivity contribution is 6.04. The largest absolute Gasteiger partial charge is 0.345 e. The summed E-state index contributed by atoms with van der Waals surface area (Å²) >= 11 is 0. The molecule has 4 aromatic rings. The summed E-state index contributed by atoms with van der Waals surface area (Å²) in [6, 6.07) is 8.15. The van der Waals surface area contributed by atoms with E-state index in [0.29, 0.717) is 6.54 Å². The second-order valence-corrected chi connectivity index (χ2v) is 8.29. The average Bonchev–Trinajstić information content (AvgIpc) is 3.24. The van der Waals surface area contributed by atoms with E-state index in [0.717, 1.165) is 70.5 Å². The van der Waals surface area contributed by atoms with Crippen LogP contribution < -0.4 is 10.2 Å². The molecule has 2 aliphatic heterocycles. The molecule has 2 amide bonds. The van der Waals surface area contributed by atoms with Crippen molar-refractivity contribution < 1.29 is 4.79 Å². The third kappa shape index (κ3) is 2.86. The Morgan fingerprint density at radius 1 is 1.13 bits per heavy atom. The zero-order valence-corrected chi connectivity index (χ0v) is 17.3. The predicted octanol–water partition coefficient (Wildman–Crippen LogP) is 3.30. The van der Waals surface area contributed by atoms with Gasteiger partial charge < -0.3 is 15.2 Å². The van der Waals surface area contributed by atoms with Crippen LogP contribution in [0, 0.1) is 0 Å².